The van der Waals surface area contributed by atoms with E-state index in [-0.39, 0.29) is 17.4 Å². The molecule has 1 heterocycles. The number of rotatable bonds is 3. The van der Waals surface area contributed by atoms with Crippen LogP contribution < -0.4 is 5.32 Å². The Balaban J connectivity index is 1.34. The quantitative estimate of drug-likeness (QED) is 0.899. The lowest BCUT2D eigenvalue weighted by molar-refractivity contribution is -0.160. The average Bonchev–Trinajstić information content (AvgIpc) is 3.10. The zero-order chi connectivity index (χ0) is 17.7. The normalized spacial score (nSPS) is 37.8. The van der Waals surface area contributed by atoms with Gasteiger partial charge in [0.1, 0.15) is 6.04 Å². The number of anilines is 1. The van der Waals surface area contributed by atoms with Crippen molar-refractivity contribution in [1.82, 2.24) is 4.90 Å². The number of para-hydroxylation sites is 1. The highest BCUT2D eigenvalue weighted by Gasteiger charge is 2.56. The molecule has 4 saturated carbocycles. The molecule has 5 aliphatic rings. The smallest absolute Gasteiger partial charge is 0.247 e. The molecule has 4 nitrogen and oxygen atoms in total. The lowest BCUT2D eigenvalue weighted by Gasteiger charge is -2.56. The average molecular weight is 352 g/mol. The minimum atomic E-state index is -0.296. The van der Waals surface area contributed by atoms with Crippen LogP contribution in [0.3, 0.4) is 0 Å². The third-order valence-electron chi connectivity index (χ3n) is 7.35. The van der Waals surface area contributed by atoms with Gasteiger partial charge in [0.25, 0.3) is 0 Å². The molecule has 0 unspecified atom stereocenters. The van der Waals surface area contributed by atoms with Crippen LogP contribution in [0.25, 0.3) is 0 Å². The van der Waals surface area contributed by atoms with Crippen LogP contribution >= 0.6 is 0 Å². The number of nitrogens with one attached hydrogen (secondary N) is 1. The summed E-state index contributed by atoms with van der Waals surface area (Å²) < 4.78 is 0. The summed E-state index contributed by atoms with van der Waals surface area (Å²) >= 11 is 0. The van der Waals surface area contributed by atoms with Gasteiger partial charge < -0.3 is 10.2 Å². The summed E-state index contributed by atoms with van der Waals surface area (Å²) in [5.41, 5.74) is 0.663. The second kappa shape index (κ2) is 6.11. The van der Waals surface area contributed by atoms with E-state index in [4.69, 9.17) is 0 Å². The number of amides is 2. The van der Waals surface area contributed by atoms with Crippen molar-refractivity contribution in [3.05, 3.63) is 30.3 Å². The summed E-state index contributed by atoms with van der Waals surface area (Å²) in [7, 11) is 0. The highest BCUT2D eigenvalue weighted by molar-refractivity contribution is 5.98. The van der Waals surface area contributed by atoms with Gasteiger partial charge in [0.2, 0.25) is 11.8 Å². The summed E-state index contributed by atoms with van der Waals surface area (Å²) in [4.78, 5) is 28.4. The zero-order valence-corrected chi connectivity index (χ0v) is 15.3. The Morgan fingerprint density at radius 1 is 0.962 bits per heavy atom. The maximum atomic E-state index is 13.6. The van der Waals surface area contributed by atoms with Crippen molar-refractivity contribution < 1.29 is 9.59 Å². The second-order valence-electron chi connectivity index (χ2n) is 9.21. The third-order valence-corrected chi connectivity index (χ3v) is 7.35. The Hall–Kier alpha value is -1.84. The Morgan fingerprint density at radius 2 is 1.58 bits per heavy atom. The van der Waals surface area contributed by atoms with E-state index in [1.807, 2.05) is 35.2 Å². The topological polar surface area (TPSA) is 49.4 Å². The van der Waals surface area contributed by atoms with Crippen molar-refractivity contribution in [3.63, 3.8) is 0 Å². The molecule has 0 aromatic heterocycles. The molecule has 6 rings (SSSR count). The van der Waals surface area contributed by atoms with Crippen LogP contribution in [0, 0.1) is 23.2 Å². The van der Waals surface area contributed by atoms with E-state index in [1.54, 1.807) is 0 Å². The summed E-state index contributed by atoms with van der Waals surface area (Å²) in [6.45, 7) is 0.744. The molecule has 1 aliphatic heterocycles. The van der Waals surface area contributed by atoms with E-state index in [0.717, 1.165) is 62.1 Å². The molecule has 0 radical (unpaired) electrons. The molecule has 1 aromatic rings. The molecule has 1 saturated heterocycles. The van der Waals surface area contributed by atoms with Gasteiger partial charge in [-0.3, -0.25) is 9.59 Å². The van der Waals surface area contributed by atoms with Crippen LogP contribution in [0.2, 0.25) is 0 Å². The fourth-order valence-electron chi connectivity index (χ4n) is 6.71. The Kier molecular flexibility index (Phi) is 3.84. The Labute approximate surface area is 155 Å². The first-order valence-corrected chi connectivity index (χ1v) is 10.3. The summed E-state index contributed by atoms with van der Waals surface area (Å²) in [6.07, 6.45) is 8.95. The predicted octanol–water partition coefficient (Wildman–Crippen LogP) is 3.83. The van der Waals surface area contributed by atoms with Crippen molar-refractivity contribution in [2.75, 3.05) is 11.9 Å². The van der Waals surface area contributed by atoms with Crippen molar-refractivity contribution >= 4 is 17.5 Å². The monoisotopic (exact) mass is 352 g/mol. The molecule has 1 N–H and O–H groups in total. The minimum absolute atomic E-state index is 0.0215. The number of benzene rings is 1. The van der Waals surface area contributed by atoms with Gasteiger partial charge in [-0.05, 0) is 81.3 Å². The van der Waals surface area contributed by atoms with Gasteiger partial charge in [0.15, 0.2) is 0 Å². The second-order valence-corrected chi connectivity index (χ2v) is 9.21. The molecule has 4 heteroatoms. The standard InChI is InChI=1S/C22H28N2O2/c25-20(23-18-5-2-1-3-6-18)19-7-4-8-24(19)21(26)22-12-15-9-16(13-22)11-17(10-15)14-22/h1-3,5-6,15-17,19H,4,7-14H2,(H,23,25)/t15?,16?,17?,19-,22?/m1/s1. The summed E-state index contributed by atoms with van der Waals surface area (Å²) in [6, 6.07) is 9.28. The SMILES string of the molecule is O=C(Nc1ccccc1)[C@H]1CCCN1C(=O)C12CC3CC(CC(C3)C1)C2. The van der Waals surface area contributed by atoms with Gasteiger partial charge >= 0.3 is 0 Å². The molecule has 1 aromatic carbocycles. The molecule has 1 atom stereocenters. The van der Waals surface area contributed by atoms with E-state index in [9.17, 15) is 9.59 Å². The lowest BCUT2D eigenvalue weighted by atomic mass is 9.49. The molecule has 26 heavy (non-hydrogen) atoms. The minimum Gasteiger partial charge on any atom is -0.330 e. The predicted molar refractivity (Wildman–Crippen MR) is 100 cm³/mol. The zero-order valence-electron chi connectivity index (χ0n) is 15.3. The van der Waals surface area contributed by atoms with Crippen LogP contribution in [-0.2, 0) is 9.59 Å². The van der Waals surface area contributed by atoms with Crippen LogP contribution in [-0.4, -0.2) is 29.3 Å². The first kappa shape index (κ1) is 16.3. The molecule has 2 amide bonds. The van der Waals surface area contributed by atoms with Crippen LogP contribution in [0.15, 0.2) is 30.3 Å². The molecule has 0 spiro atoms. The largest absolute Gasteiger partial charge is 0.330 e. The van der Waals surface area contributed by atoms with E-state index in [0.29, 0.717) is 5.91 Å². The molecular weight excluding hydrogens is 324 g/mol. The first-order chi connectivity index (χ1) is 12.6. The van der Waals surface area contributed by atoms with Crippen molar-refractivity contribution in [1.29, 1.82) is 0 Å². The van der Waals surface area contributed by atoms with Gasteiger partial charge in [0.05, 0.1) is 5.41 Å². The molecule has 138 valence electrons. The number of carbonyl (C=O) groups is 2. The highest BCUT2D eigenvalue weighted by Crippen LogP contribution is 2.60. The Bertz CT molecular complexity index is 679. The van der Waals surface area contributed by atoms with Crippen molar-refractivity contribution in [3.8, 4) is 0 Å². The summed E-state index contributed by atoms with van der Waals surface area (Å²) in [5.74, 6) is 2.53. The van der Waals surface area contributed by atoms with Crippen molar-refractivity contribution in [2.24, 2.45) is 23.2 Å². The number of nitrogens with zero attached hydrogens (tertiary/aromatic N) is 1. The van der Waals surface area contributed by atoms with Gasteiger partial charge in [-0.1, -0.05) is 18.2 Å². The maximum Gasteiger partial charge on any atom is 0.247 e. The van der Waals surface area contributed by atoms with E-state index in [1.165, 1.54) is 19.3 Å². The lowest BCUT2D eigenvalue weighted by Crippen LogP contribution is -2.56. The van der Waals surface area contributed by atoms with Gasteiger partial charge in [-0.2, -0.15) is 0 Å². The Morgan fingerprint density at radius 3 is 2.19 bits per heavy atom. The van der Waals surface area contributed by atoms with Gasteiger partial charge in [-0.25, -0.2) is 0 Å². The maximum absolute atomic E-state index is 13.6. The molecular formula is C22H28N2O2. The van der Waals surface area contributed by atoms with Crippen LogP contribution in [0.4, 0.5) is 5.69 Å². The van der Waals surface area contributed by atoms with Crippen LogP contribution in [0.1, 0.15) is 51.4 Å². The first-order valence-electron chi connectivity index (χ1n) is 10.3. The van der Waals surface area contributed by atoms with E-state index >= 15 is 0 Å². The molecule has 4 bridgehead atoms. The number of hydrogen-bond donors (Lipinski definition) is 1. The fourth-order valence-corrected chi connectivity index (χ4v) is 6.71. The number of hydrogen-bond acceptors (Lipinski definition) is 2. The van der Waals surface area contributed by atoms with E-state index < -0.39 is 0 Å². The van der Waals surface area contributed by atoms with Gasteiger partial charge in [-0.15, -0.1) is 0 Å². The number of likely N-dealkylation sites (tertiary alicyclic amines) is 1. The molecule has 5 fully saturated rings. The highest BCUT2D eigenvalue weighted by atomic mass is 16.2. The summed E-state index contributed by atoms with van der Waals surface area (Å²) in [5, 5.41) is 3.01. The number of carbonyl (C=O) groups excluding carboxylic acids is 2. The van der Waals surface area contributed by atoms with E-state index in [2.05, 4.69) is 5.32 Å². The fraction of sp³-hybridized carbons (Fsp3) is 0.636. The van der Waals surface area contributed by atoms with Crippen LogP contribution in [0.5, 0.6) is 0 Å². The molecule has 4 aliphatic carbocycles. The van der Waals surface area contributed by atoms with Crippen molar-refractivity contribution in [2.45, 2.75) is 57.4 Å². The van der Waals surface area contributed by atoms with Gasteiger partial charge in [0, 0.05) is 12.2 Å². The third kappa shape index (κ3) is 2.65.